The number of halogens is 1. The lowest BCUT2D eigenvalue weighted by molar-refractivity contribution is 0.601. The molecule has 1 aromatic heterocycles. The van der Waals surface area contributed by atoms with E-state index in [1.54, 1.807) is 11.5 Å². The third-order valence-corrected chi connectivity index (χ3v) is 4.70. The molecule has 1 aromatic rings. The van der Waals surface area contributed by atoms with Gasteiger partial charge in [0, 0.05) is 35.9 Å². The van der Waals surface area contributed by atoms with Crippen molar-refractivity contribution < 1.29 is 0 Å². The summed E-state index contributed by atoms with van der Waals surface area (Å²) in [5, 5.41) is 1.14. The number of alkyl halides is 1. The maximum Gasteiger partial charge on any atom is 0.205 e. The first kappa shape index (κ1) is 11.7. The van der Waals surface area contributed by atoms with Gasteiger partial charge in [-0.3, -0.25) is 0 Å². The summed E-state index contributed by atoms with van der Waals surface area (Å²) in [7, 11) is 0. The highest BCUT2D eigenvalue weighted by molar-refractivity contribution is 7.09. The van der Waals surface area contributed by atoms with E-state index < -0.39 is 0 Å². The van der Waals surface area contributed by atoms with Gasteiger partial charge in [0.2, 0.25) is 5.13 Å². The monoisotopic (exact) mass is 271 g/mol. The van der Waals surface area contributed by atoms with E-state index in [-0.39, 0.29) is 0 Å². The zero-order valence-corrected chi connectivity index (χ0v) is 11.5. The Morgan fingerprint density at radius 2 is 2.24 bits per heavy atom. The highest BCUT2D eigenvalue weighted by Gasteiger charge is 2.31. The minimum atomic E-state index is 0.647. The zero-order chi connectivity index (χ0) is 11.7. The molecule has 3 nitrogen and oxygen atoms in total. The van der Waals surface area contributed by atoms with Gasteiger partial charge in [0.05, 0.1) is 0 Å². The van der Waals surface area contributed by atoms with E-state index in [4.69, 9.17) is 16.6 Å². The first-order valence-electron chi connectivity index (χ1n) is 6.54. The van der Waals surface area contributed by atoms with Crippen LogP contribution in [-0.2, 0) is 0 Å². The third kappa shape index (κ3) is 2.58. The second kappa shape index (κ2) is 5.11. The number of aromatic nitrogens is 2. The summed E-state index contributed by atoms with van der Waals surface area (Å²) in [5.74, 6) is 2.53. The van der Waals surface area contributed by atoms with Gasteiger partial charge in [0.15, 0.2) is 0 Å². The fraction of sp³-hybridized carbons (Fsp3) is 0.833. The highest BCUT2D eigenvalue weighted by Crippen LogP contribution is 2.40. The molecule has 2 fully saturated rings. The van der Waals surface area contributed by atoms with Crippen LogP contribution < -0.4 is 4.90 Å². The van der Waals surface area contributed by atoms with Gasteiger partial charge in [0.1, 0.15) is 5.82 Å². The molecule has 0 bridgehead atoms. The predicted molar refractivity (Wildman–Crippen MR) is 72.2 cm³/mol. The standard InChI is InChI=1S/C12H18ClN3S/c13-7-1-3-10-4-2-8-16(10)12-14-11(15-17-12)9-5-6-9/h9-10H,1-8H2. The molecule has 5 heteroatoms. The van der Waals surface area contributed by atoms with Gasteiger partial charge in [-0.05, 0) is 38.5 Å². The Morgan fingerprint density at radius 3 is 3.00 bits per heavy atom. The number of anilines is 1. The summed E-state index contributed by atoms with van der Waals surface area (Å²) in [6, 6.07) is 0.647. The molecule has 0 aromatic carbocycles. The van der Waals surface area contributed by atoms with E-state index in [9.17, 15) is 0 Å². The van der Waals surface area contributed by atoms with Crippen molar-refractivity contribution in [2.24, 2.45) is 0 Å². The summed E-state index contributed by atoms with van der Waals surface area (Å²) in [5.41, 5.74) is 0. The Hall–Kier alpha value is -0.350. The van der Waals surface area contributed by atoms with Crippen LogP contribution in [0.1, 0.15) is 50.3 Å². The van der Waals surface area contributed by atoms with Crippen LogP contribution in [0.15, 0.2) is 0 Å². The van der Waals surface area contributed by atoms with Crippen LogP contribution in [0.25, 0.3) is 0 Å². The first-order chi connectivity index (χ1) is 8.38. The summed E-state index contributed by atoms with van der Waals surface area (Å²) >= 11 is 7.37. The Kier molecular flexibility index (Phi) is 3.52. The van der Waals surface area contributed by atoms with Gasteiger partial charge in [-0.1, -0.05) is 0 Å². The largest absolute Gasteiger partial charge is 0.344 e. The smallest absolute Gasteiger partial charge is 0.205 e. The van der Waals surface area contributed by atoms with Gasteiger partial charge < -0.3 is 4.90 Å². The molecule has 17 heavy (non-hydrogen) atoms. The van der Waals surface area contributed by atoms with Gasteiger partial charge in [0.25, 0.3) is 0 Å². The molecule has 1 unspecified atom stereocenters. The van der Waals surface area contributed by atoms with E-state index in [2.05, 4.69) is 9.27 Å². The molecule has 3 rings (SSSR count). The maximum absolute atomic E-state index is 5.78. The van der Waals surface area contributed by atoms with Crippen molar-refractivity contribution in [2.45, 2.75) is 50.5 Å². The van der Waals surface area contributed by atoms with Crippen molar-refractivity contribution in [2.75, 3.05) is 17.3 Å². The Labute approximate surface area is 111 Å². The van der Waals surface area contributed by atoms with Gasteiger partial charge in [-0.15, -0.1) is 11.6 Å². The third-order valence-electron chi connectivity index (χ3n) is 3.67. The fourth-order valence-electron chi connectivity index (χ4n) is 2.55. The SMILES string of the molecule is ClCCCC1CCCN1c1nc(C2CC2)ns1. The van der Waals surface area contributed by atoms with Crippen molar-refractivity contribution in [3.8, 4) is 0 Å². The van der Waals surface area contributed by atoms with Crippen LogP contribution >= 0.6 is 23.1 Å². The first-order valence-corrected chi connectivity index (χ1v) is 7.85. The number of hydrogen-bond acceptors (Lipinski definition) is 4. The average Bonchev–Trinajstić information content (AvgIpc) is 2.92. The van der Waals surface area contributed by atoms with Gasteiger partial charge in [-0.2, -0.15) is 4.37 Å². The molecule has 1 saturated heterocycles. The maximum atomic E-state index is 5.78. The lowest BCUT2D eigenvalue weighted by Crippen LogP contribution is -2.29. The fourth-order valence-corrected chi connectivity index (χ4v) is 3.55. The molecule has 1 aliphatic carbocycles. The van der Waals surface area contributed by atoms with Crippen LogP contribution in [0.2, 0.25) is 0 Å². The highest BCUT2D eigenvalue weighted by atomic mass is 35.5. The van der Waals surface area contributed by atoms with Crippen molar-refractivity contribution in [1.29, 1.82) is 0 Å². The minimum Gasteiger partial charge on any atom is -0.344 e. The zero-order valence-electron chi connectivity index (χ0n) is 9.94. The normalized spacial score (nSPS) is 24.5. The molecule has 1 atom stereocenters. The van der Waals surface area contributed by atoms with Crippen LogP contribution in [0, 0.1) is 0 Å². The van der Waals surface area contributed by atoms with Crippen molar-refractivity contribution in [3.63, 3.8) is 0 Å². The summed E-state index contributed by atoms with van der Waals surface area (Å²) < 4.78 is 4.50. The summed E-state index contributed by atoms with van der Waals surface area (Å²) in [4.78, 5) is 7.17. The molecule has 2 heterocycles. The molecule has 0 amide bonds. The second-order valence-corrected chi connectivity index (χ2v) is 6.14. The quantitative estimate of drug-likeness (QED) is 0.769. The molecule has 1 aliphatic heterocycles. The molecule has 0 radical (unpaired) electrons. The van der Waals surface area contributed by atoms with Crippen LogP contribution in [-0.4, -0.2) is 27.8 Å². The molecule has 1 saturated carbocycles. The molecule has 94 valence electrons. The topological polar surface area (TPSA) is 29.0 Å². The van der Waals surface area contributed by atoms with E-state index in [0.717, 1.165) is 29.8 Å². The van der Waals surface area contributed by atoms with E-state index in [0.29, 0.717) is 12.0 Å². The van der Waals surface area contributed by atoms with E-state index in [1.165, 1.54) is 32.1 Å². The molecule has 2 aliphatic rings. The van der Waals surface area contributed by atoms with E-state index >= 15 is 0 Å². The van der Waals surface area contributed by atoms with Gasteiger partial charge >= 0.3 is 0 Å². The molecular weight excluding hydrogens is 254 g/mol. The van der Waals surface area contributed by atoms with Crippen LogP contribution in [0.4, 0.5) is 5.13 Å². The lowest BCUT2D eigenvalue weighted by Gasteiger charge is -2.23. The predicted octanol–water partition coefficient (Wildman–Crippen LogP) is 3.40. The van der Waals surface area contributed by atoms with Crippen molar-refractivity contribution in [1.82, 2.24) is 9.36 Å². The molecule has 0 N–H and O–H groups in total. The Balaban J connectivity index is 1.67. The van der Waals surface area contributed by atoms with E-state index in [1.807, 2.05) is 0 Å². The van der Waals surface area contributed by atoms with Crippen molar-refractivity contribution in [3.05, 3.63) is 5.82 Å². The average molecular weight is 272 g/mol. The summed E-state index contributed by atoms with van der Waals surface area (Å²) in [6.07, 6.45) is 7.44. The van der Waals surface area contributed by atoms with Crippen LogP contribution in [0.5, 0.6) is 0 Å². The lowest BCUT2D eigenvalue weighted by atomic mass is 10.1. The van der Waals surface area contributed by atoms with Crippen LogP contribution in [0.3, 0.4) is 0 Å². The molecule has 0 spiro atoms. The summed E-state index contributed by atoms with van der Waals surface area (Å²) in [6.45, 7) is 1.15. The van der Waals surface area contributed by atoms with Gasteiger partial charge in [-0.25, -0.2) is 4.98 Å². The number of rotatable bonds is 5. The number of hydrogen-bond donors (Lipinski definition) is 0. The number of nitrogens with zero attached hydrogens (tertiary/aromatic N) is 3. The Morgan fingerprint density at radius 1 is 1.35 bits per heavy atom. The minimum absolute atomic E-state index is 0.647. The Bertz CT molecular complexity index is 378. The molecular formula is C12H18ClN3S. The van der Waals surface area contributed by atoms with Crippen molar-refractivity contribution >= 4 is 28.3 Å². The second-order valence-electron chi connectivity index (χ2n) is 5.03.